The molecule has 0 bridgehead atoms. The standard InChI is InChI=1S/C19H23N3O5/c23-16(11-5-6-11)20-13-9-7-12(8-10-13)17(24)21-22-18(25)14-3-1-2-4-15(14)19(26)27/h7-11,14-15H,1-6H2,(H,20,23)(H,21,24)(H,22,25)(H,26,27)/t14-,15-/m1/s1. The molecule has 0 saturated heterocycles. The van der Waals surface area contributed by atoms with Gasteiger partial charge in [0.05, 0.1) is 11.8 Å². The van der Waals surface area contributed by atoms with Crippen molar-refractivity contribution in [2.24, 2.45) is 17.8 Å². The average Bonchev–Trinajstić information content (AvgIpc) is 3.51. The monoisotopic (exact) mass is 373 g/mol. The molecular weight excluding hydrogens is 350 g/mol. The molecule has 2 fully saturated rings. The van der Waals surface area contributed by atoms with Crippen LogP contribution < -0.4 is 16.2 Å². The minimum Gasteiger partial charge on any atom is -0.481 e. The summed E-state index contributed by atoms with van der Waals surface area (Å²) >= 11 is 0. The Labute approximate surface area is 156 Å². The van der Waals surface area contributed by atoms with Gasteiger partial charge in [-0.05, 0) is 49.9 Å². The van der Waals surface area contributed by atoms with Gasteiger partial charge in [-0.25, -0.2) is 0 Å². The molecule has 2 atom stereocenters. The van der Waals surface area contributed by atoms with E-state index in [2.05, 4.69) is 16.2 Å². The maximum Gasteiger partial charge on any atom is 0.307 e. The number of anilines is 1. The van der Waals surface area contributed by atoms with Crippen LogP contribution in [0, 0.1) is 17.8 Å². The van der Waals surface area contributed by atoms with E-state index in [0.29, 0.717) is 24.1 Å². The van der Waals surface area contributed by atoms with Gasteiger partial charge in [0.1, 0.15) is 0 Å². The molecule has 4 N–H and O–H groups in total. The number of benzene rings is 1. The Morgan fingerprint density at radius 3 is 2.04 bits per heavy atom. The van der Waals surface area contributed by atoms with Crippen molar-refractivity contribution >= 4 is 29.4 Å². The molecule has 1 aromatic rings. The molecule has 0 aliphatic heterocycles. The lowest BCUT2D eigenvalue weighted by atomic mass is 9.79. The molecule has 0 spiro atoms. The second-order valence-corrected chi connectivity index (χ2v) is 7.12. The zero-order valence-electron chi connectivity index (χ0n) is 14.9. The van der Waals surface area contributed by atoms with E-state index in [-0.39, 0.29) is 11.8 Å². The summed E-state index contributed by atoms with van der Waals surface area (Å²) in [5, 5.41) is 12.0. The third kappa shape index (κ3) is 4.84. The summed E-state index contributed by atoms with van der Waals surface area (Å²) in [6, 6.07) is 6.34. The van der Waals surface area contributed by atoms with Crippen LogP contribution in [-0.4, -0.2) is 28.8 Å². The van der Waals surface area contributed by atoms with E-state index < -0.39 is 29.6 Å². The average molecular weight is 373 g/mol. The molecule has 0 radical (unpaired) electrons. The van der Waals surface area contributed by atoms with Gasteiger partial charge in [-0.3, -0.25) is 30.0 Å². The maximum absolute atomic E-state index is 12.3. The Kier molecular flexibility index (Phi) is 5.73. The summed E-state index contributed by atoms with van der Waals surface area (Å²) in [4.78, 5) is 47.4. The number of aliphatic carboxylic acids is 1. The molecule has 2 aliphatic rings. The van der Waals surface area contributed by atoms with Gasteiger partial charge in [-0.2, -0.15) is 0 Å². The van der Waals surface area contributed by atoms with Crippen LogP contribution in [0.15, 0.2) is 24.3 Å². The van der Waals surface area contributed by atoms with E-state index in [4.69, 9.17) is 0 Å². The number of carbonyl (C=O) groups excluding carboxylic acids is 3. The highest BCUT2D eigenvalue weighted by molar-refractivity contribution is 5.97. The Bertz CT molecular complexity index is 742. The van der Waals surface area contributed by atoms with Crippen LogP contribution in [0.3, 0.4) is 0 Å². The number of carbonyl (C=O) groups is 4. The number of hydrazine groups is 1. The van der Waals surface area contributed by atoms with Crippen molar-refractivity contribution in [1.82, 2.24) is 10.9 Å². The van der Waals surface area contributed by atoms with Crippen molar-refractivity contribution in [3.05, 3.63) is 29.8 Å². The number of hydrogen-bond acceptors (Lipinski definition) is 4. The summed E-state index contributed by atoms with van der Waals surface area (Å²) < 4.78 is 0. The highest BCUT2D eigenvalue weighted by Crippen LogP contribution is 2.31. The molecule has 27 heavy (non-hydrogen) atoms. The first kappa shape index (κ1) is 18.9. The van der Waals surface area contributed by atoms with Gasteiger partial charge in [0.15, 0.2) is 0 Å². The van der Waals surface area contributed by atoms with Gasteiger partial charge in [-0.1, -0.05) is 12.8 Å². The predicted octanol–water partition coefficient (Wildman–Crippen LogP) is 1.69. The molecule has 0 aromatic heterocycles. The second kappa shape index (κ2) is 8.20. The number of amides is 3. The Morgan fingerprint density at radius 1 is 0.815 bits per heavy atom. The summed E-state index contributed by atoms with van der Waals surface area (Å²) in [5.74, 6) is -3.25. The van der Waals surface area contributed by atoms with Crippen molar-refractivity contribution in [1.29, 1.82) is 0 Å². The van der Waals surface area contributed by atoms with Gasteiger partial charge in [0, 0.05) is 17.2 Å². The molecule has 2 aliphatic carbocycles. The minimum absolute atomic E-state index is 0.0140. The fourth-order valence-corrected chi connectivity index (χ4v) is 3.32. The highest BCUT2D eigenvalue weighted by atomic mass is 16.4. The lowest BCUT2D eigenvalue weighted by molar-refractivity contribution is -0.149. The number of carboxylic acids is 1. The molecular formula is C19H23N3O5. The summed E-state index contributed by atoms with van der Waals surface area (Å²) in [6.07, 6.45) is 4.37. The van der Waals surface area contributed by atoms with Crippen molar-refractivity contribution in [2.75, 3.05) is 5.32 Å². The Hall–Kier alpha value is -2.90. The first-order valence-electron chi connectivity index (χ1n) is 9.19. The van der Waals surface area contributed by atoms with Crippen LogP contribution >= 0.6 is 0 Å². The minimum atomic E-state index is -0.981. The quantitative estimate of drug-likeness (QED) is 0.585. The van der Waals surface area contributed by atoms with Gasteiger partial charge in [-0.15, -0.1) is 0 Å². The molecule has 2 saturated carbocycles. The largest absolute Gasteiger partial charge is 0.481 e. The molecule has 3 amide bonds. The molecule has 3 rings (SSSR count). The van der Waals surface area contributed by atoms with E-state index in [1.54, 1.807) is 24.3 Å². The van der Waals surface area contributed by atoms with E-state index >= 15 is 0 Å². The SMILES string of the molecule is O=C(NNC(=O)[C@@H]1CCCC[C@H]1C(=O)O)c1ccc(NC(=O)C2CC2)cc1. The summed E-state index contributed by atoms with van der Waals surface area (Å²) in [7, 11) is 0. The number of carboxylic acid groups (broad SMARTS) is 1. The number of rotatable bonds is 5. The van der Waals surface area contributed by atoms with Crippen LogP contribution in [-0.2, 0) is 14.4 Å². The fourth-order valence-electron chi connectivity index (χ4n) is 3.32. The summed E-state index contributed by atoms with van der Waals surface area (Å²) in [5.41, 5.74) is 5.59. The van der Waals surface area contributed by atoms with Crippen molar-refractivity contribution in [3.63, 3.8) is 0 Å². The maximum atomic E-state index is 12.3. The van der Waals surface area contributed by atoms with Gasteiger partial charge >= 0.3 is 5.97 Å². The van der Waals surface area contributed by atoms with Crippen molar-refractivity contribution in [2.45, 2.75) is 38.5 Å². The van der Waals surface area contributed by atoms with Crippen LogP contribution in [0.4, 0.5) is 5.69 Å². The Morgan fingerprint density at radius 2 is 1.44 bits per heavy atom. The molecule has 144 valence electrons. The molecule has 0 unspecified atom stereocenters. The first-order chi connectivity index (χ1) is 13.0. The van der Waals surface area contributed by atoms with Crippen LogP contribution in [0.5, 0.6) is 0 Å². The van der Waals surface area contributed by atoms with Crippen molar-refractivity contribution < 1.29 is 24.3 Å². The summed E-state index contributed by atoms with van der Waals surface area (Å²) in [6.45, 7) is 0. The number of hydrogen-bond donors (Lipinski definition) is 4. The number of nitrogens with one attached hydrogen (secondary N) is 3. The Balaban J connectivity index is 1.51. The lowest BCUT2D eigenvalue weighted by Crippen LogP contribution is -2.47. The first-order valence-corrected chi connectivity index (χ1v) is 9.19. The fraction of sp³-hybridized carbons (Fsp3) is 0.474. The molecule has 1 aromatic carbocycles. The molecule has 8 heteroatoms. The highest BCUT2D eigenvalue weighted by Gasteiger charge is 2.35. The lowest BCUT2D eigenvalue weighted by Gasteiger charge is -2.27. The van der Waals surface area contributed by atoms with Gasteiger partial charge < -0.3 is 10.4 Å². The predicted molar refractivity (Wildman–Crippen MR) is 96.5 cm³/mol. The molecule has 0 heterocycles. The zero-order valence-corrected chi connectivity index (χ0v) is 14.9. The van der Waals surface area contributed by atoms with Crippen molar-refractivity contribution in [3.8, 4) is 0 Å². The third-order valence-corrected chi connectivity index (χ3v) is 5.08. The van der Waals surface area contributed by atoms with E-state index in [1.807, 2.05) is 0 Å². The van der Waals surface area contributed by atoms with E-state index in [1.165, 1.54) is 0 Å². The van der Waals surface area contributed by atoms with E-state index in [9.17, 15) is 24.3 Å². The second-order valence-electron chi connectivity index (χ2n) is 7.12. The molecule has 8 nitrogen and oxygen atoms in total. The third-order valence-electron chi connectivity index (χ3n) is 5.08. The van der Waals surface area contributed by atoms with Crippen LogP contribution in [0.25, 0.3) is 0 Å². The van der Waals surface area contributed by atoms with Gasteiger partial charge in [0.2, 0.25) is 11.8 Å². The normalized spacial score (nSPS) is 21.8. The van der Waals surface area contributed by atoms with E-state index in [0.717, 1.165) is 25.7 Å². The van der Waals surface area contributed by atoms with Crippen LogP contribution in [0.2, 0.25) is 0 Å². The van der Waals surface area contributed by atoms with Crippen LogP contribution in [0.1, 0.15) is 48.9 Å². The zero-order chi connectivity index (χ0) is 19.4. The smallest absolute Gasteiger partial charge is 0.307 e. The van der Waals surface area contributed by atoms with Gasteiger partial charge in [0.25, 0.3) is 5.91 Å². The topological polar surface area (TPSA) is 125 Å².